The zero-order valence-corrected chi connectivity index (χ0v) is 23.7. The van der Waals surface area contributed by atoms with Gasteiger partial charge in [0.2, 0.25) is 0 Å². The van der Waals surface area contributed by atoms with Crippen molar-refractivity contribution < 1.29 is 54.1 Å². The number of allylic oxidation sites excluding steroid dienone is 2. The third-order valence-electron chi connectivity index (χ3n) is 9.43. The van der Waals surface area contributed by atoms with E-state index in [1.165, 1.54) is 25.1 Å². The van der Waals surface area contributed by atoms with Gasteiger partial charge in [-0.05, 0) is 52.2 Å². The fraction of sp³-hybridized carbons (Fsp3) is 0.581. The highest BCUT2D eigenvalue weighted by Crippen LogP contribution is 2.52. The van der Waals surface area contributed by atoms with Crippen LogP contribution < -0.4 is 0 Å². The second kappa shape index (κ2) is 9.88. The van der Waals surface area contributed by atoms with Crippen LogP contribution in [-0.2, 0) is 19.0 Å². The van der Waals surface area contributed by atoms with Gasteiger partial charge in [0.15, 0.2) is 29.2 Å². The minimum absolute atomic E-state index is 0.202. The topological polar surface area (TPSA) is 180 Å². The Morgan fingerprint density at radius 2 is 1.69 bits per heavy atom. The number of aliphatic hydroxyl groups is 4. The molecule has 1 aromatic rings. The van der Waals surface area contributed by atoms with Gasteiger partial charge in [-0.3, -0.25) is 14.4 Å². The van der Waals surface area contributed by atoms with Crippen LogP contribution in [0.25, 0.3) is 0 Å². The van der Waals surface area contributed by atoms with Gasteiger partial charge in [0.25, 0.3) is 0 Å². The minimum atomic E-state index is -2.73. The van der Waals surface area contributed by atoms with Crippen molar-refractivity contribution in [3.8, 4) is 5.75 Å². The number of carbonyl (C=O) groups excluding carboxylic acids is 3. The number of carbonyl (C=O) groups is 3. The van der Waals surface area contributed by atoms with Gasteiger partial charge >= 0.3 is 0 Å². The molecule has 11 heteroatoms. The van der Waals surface area contributed by atoms with Gasteiger partial charge in [-0.1, -0.05) is 12.1 Å². The third-order valence-corrected chi connectivity index (χ3v) is 9.43. The van der Waals surface area contributed by atoms with Crippen LogP contribution in [0, 0.1) is 0 Å². The number of rotatable bonds is 3. The number of aromatic hydroxyl groups is 1. The largest absolute Gasteiger partial charge is 0.507 e. The van der Waals surface area contributed by atoms with Crippen molar-refractivity contribution in [1.29, 1.82) is 0 Å². The van der Waals surface area contributed by atoms with E-state index in [0.29, 0.717) is 31.2 Å². The molecule has 0 amide bonds. The average molecular weight is 585 g/mol. The number of phenols is 1. The van der Waals surface area contributed by atoms with E-state index in [-0.39, 0.29) is 35.0 Å². The minimum Gasteiger partial charge on any atom is -0.507 e. The lowest BCUT2D eigenvalue weighted by Gasteiger charge is -2.51. The van der Waals surface area contributed by atoms with Crippen LogP contribution in [0.15, 0.2) is 35.4 Å². The van der Waals surface area contributed by atoms with Crippen molar-refractivity contribution in [3.05, 3.63) is 52.1 Å². The molecule has 11 nitrogen and oxygen atoms in total. The molecule has 42 heavy (non-hydrogen) atoms. The van der Waals surface area contributed by atoms with Gasteiger partial charge in [0.05, 0.1) is 47.3 Å². The summed E-state index contributed by atoms with van der Waals surface area (Å²) in [5.41, 5.74) is -7.64. The average Bonchev–Trinajstić information content (AvgIpc) is 2.90. The first-order chi connectivity index (χ1) is 19.7. The Morgan fingerprint density at radius 1 is 0.952 bits per heavy atom. The summed E-state index contributed by atoms with van der Waals surface area (Å²) in [5.74, 6) is -3.04. The molecule has 3 aliphatic carbocycles. The van der Waals surface area contributed by atoms with E-state index in [1.54, 1.807) is 6.92 Å². The summed E-state index contributed by atoms with van der Waals surface area (Å²) in [4.78, 5) is 40.6. The molecular formula is C31H36O11. The number of Topliss-reactive ketones (excluding diaryl/α,β-unsaturated/α-hetero) is 3. The first-order valence-electron chi connectivity index (χ1n) is 14.4. The van der Waals surface area contributed by atoms with E-state index < -0.39 is 76.8 Å². The predicted octanol–water partition coefficient (Wildman–Crippen LogP) is 1.72. The van der Waals surface area contributed by atoms with Crippen LogP contribution >= 0.6 is 0 Å². The molecule has 3 fully saturated rings. The number of phenolic OH excluding ortho intramolecular Hbond substituents is 1. The maximum atomic E-state index is 13.8. The summed E-state index contributed by atoms with van der Waals surface area (Å²) in [5, 5.41) is 54.6. The lowest BCUT2D eigenvalue weighted by Crippen LogP contribution is -2.69. The summed E-state index contributed by atoms with van der Waals surface area (Å²) in [7, 11) is 0. The first-order valence-corrected chi connectivity index (χ1v) is 14.4. The number of benzene rings is 1. The standard InChI is InChI=1S/C31H36O11/c1-14-19(32)6-9-23(41-14)42-20-7-8-21(40-15(20)2)16-4-5-17-24(26(16)34)27(35)18-10-11-30(38)13-29(3,37)12-22(33)31(30,39)25(18)28(17)36/h4-5,10-11,14-15,19-21,23,32,34,37-39H,6-9,12-13H2,1-3H3. The van der Waals surface area contributed by atoms with E-state index in [0.717, 1.165) is 6.08 Å². The van der Waals surface area contributed by atoms with Crippen LogP contribution in [0.5, 0.6) is 5.75 Å². The molecule has 2 saturated heterocycles. The second-order valence-corrected chi connectivity index (χ2v) is 12.6. The molecule has 6 rings (SSSR count). The molecule has 2 heterocycles. The van der Waals surface area contributed by atoms with Crippen LogP contribution in [0.4, 0.5) is 0 Å². The molecule has 0 aromatic heterocycles. The SMILES string of the molecule is CC1OC(OC2CCC(c3ccc4c(c3O)C(=O)C3=C(C4=O)C4(O)C(=O)CC(C)(O)CC4(O)C=C3)OC2C)CCC1O. The highest BCUT2D eigenvalue weighted by molar-refractivity contribution is 6.31. The molecule has 9 atom stereocenters. The van der Waals surface area contributed by atoms with Crippen molar-refractivity contribution in [2.45, 2.75) is 113 Å². The fourth-order valence-corrected chi connectivity index (χ4v) is 7.16. The molecule has 0 bridgehead atoms. The Kier molecular flexibility index (Phi) is 6.90. The summed E-state index contributed by atoms with van der Waals surface area (Å²) >= 11 is 0. The van der Waals surface area contributed by atoms with E-state index in [4.69, 9.17) is 14.2 Å². The van der Waals surface area contributed by atoms with Gasteiger partial charge in [0.1, 0.15) is 11.4 Å². The van der Waals surface area contributed by atoms with Crippen LogP contribution in [0.2, 0.25) is 0 Å². The normalized spacial score (nSPS) is 41.8. The van der Waals surface area contributed by atoms with Gasteiger partial charge in [-0.2, -0.15) is 0 Å². The Hall–Kier alpha value is -2.77. The van der Waals surface area contributed by atoms with Gasteiger partial charge < -0.3 is 39.7 Å². The molecule has 1 aromatic carbocycles. The number of hydrogen-bond donors (Lipinski definition) is 5. The molecule has 9 unspecified atom stereocenters. The number of hydrogen-bond acceptors (Lipinski definition) is 11. The van der Waals surface area contributed by atoms with Crippen molar-refractivity contribution in [1.82, 2.24) is 0 Å². The summed E-state index contributed by atoms with van der Waals surface area (Å²) in [6.07, 6.45) is 0.838. The molecule has 226 valence electrons. The van der Waals surface area contributed by atoms with Crippen LogP contribution in [-0.4, -0.2) is 90.4 Å². The zero-order valence-electron chi connectivity index (χ0n) is 23.7. The molecule has 0 spiro atoms. The van der Waals surface area contributed by atoms with Crippen molar-refractivity contribution in [3.63, 3.8) is 0 Å². The zero-order chi connectivity index (χ0) is 30.4. The highest BCUT2D eigenvalue weighted by atomic mass is 16.7. The first kappa shape index (κ1) is 29.3. The van der Waals surface area contributed by atoms with Crippen molar-refractivity contribution in [2.75, 3.05) is 0 Å². The quantitative estimate of drug-likeness (QED) is 0.349. The number of ether oxygens (including phenoxy) is 3. The number of aliphatic hydroxyl groups excluding tert-OH is 1. The van der Waals surface area contributed by atoms with Crippen molar-refractivity contribution in [2.24, 2.45) is 0 Å². The summed E-state index contributed by atoms with van der Waals surface area (Å²) in [6, 6.07) is 2.84. The maximum absolute atomic E-state index is 13.8. The Bertz CT molecular complexity index is 1430. The summed E-state index contributed by atoms with van der Waals surface area (Å²) in [6.45, 7) is 4.98. The fourth-order valence-electron chi connectivity index (χ4n) is 7.16. The highest BCUT2D eigenvalue weighted by Gasteiger charge is 2.66. The van der Waals surface area contributed by atoms with Crippen LogP contribution in [0.3, 0.4) is 0 Å². The monoisotopic (exact) mass is 584 g/mol. The molecular weight excluding hydrogens is 548 g/mol. The van der Waals surface area contributed by atoms with Crippen LogP contribution in [0.1, 0.15) is 91.7 Å². The van der Waals surface area contributed by atoms with E-state index in [9.17, 15) is 39.9 Å². The van der Waals surface area contributed by atoms with Gasteiger partial charge in [-0.15, -0.1) is 0 Å². The van der Waals surface area contributed by atoms with Gasteiger partial charge in [-0.25, -0.2) is 0 Å². The smallest absolute Gasteiger partial charge is 0.198 e. The molecule has 1 saturated carbocycles. The molecule has 0 radical (unpaired) electrons. The predicted molar refractivity (Wildman–Crippen MR) is 145 cm³/mol. The second-order valence-electron chi connectivity index (χ2n) is 12.6. The number of ketones is 3. The molecule has 5 aliphatic rings. The Morgan fingerprint density at radius 3 is 2.38 bits per heavy atom. The third kappa shape index (κ3) is 4.33. The van der Waals surface area contributed by atoms with Crippen molar-refractivity contribution >= 4 is 17.3 Å². The lowest BCUT2D eigenvalue weighted by atomic mass is 9.57. The summed E-state index contributed by atoms with van der Waals surface area (Å²) < 4.78 is 18.1. The number of fused-ring (bicyclic) bond motifs is 3. The maximum Gasteiger partial charge on any atom is 0.198 e. The van der Waals surface area contributed by atoms with E-state index in [2.05, 4.69) is 0 Å². The molecule has 2 aliphatic heterocycles. The van der Waals surface area contributed by atoms with E-state index >= 15 is 0 Å². The Balaban J connectivity index is 1.26. The van der Waals surface area contributed by atoms with Gasteiger partial charge in [0, 0.05) is 36.0 Å². The van der Waals surface area contributed by atoms with E-state index in [1.807, 2.05) is 6.92 Å². The lowest BCUT2D eigenvalue weighted by molar-refractivity contribution is -0.260. The Labute approximate surface area is 242 Å². The molecule has 5 N–H and O–H groups in total.